The van der Waals surface area contributed by atoms with Crippen molar-refractivity contribution in [1.82, 2.24) is 10.2 Å². The zero-order valence-corrected chi connectivity index (χ0v) is 11.9. The fraction of sp³-hybridized carbons (Fsp3) is 0.500. The van der Waals surface area contributed by atoms with E-state index in [1.165, 1.54) is 25.9 Å². The summed E-state index contributed by atoms with van der Waals surface area (Å²) in [6.45, 7) is 3.32. The molecular formula is C16H19N3O2. The number of benzene rings is 1. The SMILES string of the molecule is N#Cc1ccc(OCC(=O)NC2CN3CCC2CC3)cc1. The molecule has 1 unspecified atom stereocenters. The highest BCUT2D eigenvalue weighted by molar-refractivity contribution is 5.78. The van der Waals surface area contributed by atoms with Gasteiger partial charge in [-0.25, -0.2) is 0 Å². The van der Waals surface area contributed by atoms with Gasteiger partial charge in [-0.2, -0.15) is 5.26 Å². The van der Waals surface area contributed by atoms with Gasteiger partial charge in [-0.05, 0) is 56.1 Å². The van der Waals surface area contributed by atoms with Crippen LogP contribution in [0.5, 0.6) is 5.75 Å². The molecule has 0 aromatic heterocycles. The van der Waals surface area contributed by atoms with Gasteiger partial charge in [0, 0.05) is 12.6 Å². The van der Waals surface area contributed by atoms with E-state index < -0.39 is 0 Å². The van der Waals surface area contributed by atoms with Gasteiger partial charge in [0.1, 0.15) is 5.75 Å². The van der Waals surface area contributed by atoms with E-state index in [1.807, 2.05) is 6.07 Å². The van der Waals surface area contributed by atoms with Crippen molar-refractivity contribution in [1.29, 1.82) is 5.26 Å². The third kappa shape index (κ3) is 3.34. The Labute approximate surface area is 124 Å². The first-order valence-electron chi connectivity index (χ1n) is 7.39. The average Bonchev–Trinajstić information content (AvgIpc) is 2.54. The zero-order valence-electron chi connectivity index (χ0n) is 11.9. The van der Waals surface area contributed by atoms with E-state index in [1.54, 1.807) is 24.3 Å². The van der Waals surface area contributed by atoms with Crippen LogP contribution < -0.4 is 10.1 Å². The maximum Gasteiger partial charge on any atom is 0.258 e. The predicted molar refractivity (Wildman–Crippen MR) is 77.7 cm³/mol. The highest BCUT2D eigenvalue weighted by atomic mass is 16.5. The fourth-order valence-electron chi connectivity index (χ4n) is 3.15. The normalized spacial score (nSPS) is 26.9. The molecule has 4 rings (SSSR count). The summed E-state index contributed by atoms with van der Waals surface area (Å²) in [5, 5.41) is 11.8. The Hall–Kier alpha value is -2.06. The number of carbonyl (C=O) groups is 1. The lowest BCUT2D eigenvalue weighted by atomic mass is 9.84. The van der Waals surface area contributed by atoms with Crippen LogP contribution in [0.15, 0.2) is 24.3 Å². The third-order valence-corrected chi connectivity index (χ3v) is 4.36. The van der Waals surface area contributed by atoms with Gasteiger partial charge in [0.15, 0.2) is 6.61 Å². The smallest absolute Gasteiger partial charge is 0.258 e. The van der Waals surface area contributed by atoms with E-state index in [-0.39, 0.29) is 18.6 Å². The molecule has 3 aliphatic rings. The van der Waals surface area contributed by atoms with E-state index in [0.717, 1.165) is 6.54 Å². The molecule has 3 aliphatic heterocycles. The summed E-state index contributed by atoms with van der Waals surface area (Å²) in [4.78, 5) is 14.4. The molecule has 0 aliphatic carbocycles. The molecule has 1 amide bonds. The standard InChI is InChI=1S/C16H19N3O2/c17-9-12-1-3-14(4-2-12)21-11-16(20)18-15-10-19-7-5-13(15)6-8-19/h1-4,13,15H,5-8,10-11H2,(H,18,20). The second kappa shape index (κ2) is 6.15. The first-order chi connectivity index (χ1) is 10.2. The summed E-state index contributed by atoms with van der Waals surface area (Å²) in [7, 11) is 0. The summed E-state index contributed by atoms with van der Waals surface area (Å²) in [5.74, 6) is 1.16. The Balaban J connectivity index is 1.47. The van der Waals surface area contributed by atoms with Gasteiger partial charge in [0.05, 0.1) is 11.6 Å². The van der Waals surface area contributed by atoms with Crippen molar-refractivity contribution in [2.24, 2.45) is 5.92 Å². The van der Waals surface area contributed by atoms with Crippen molar-refractivity contribution in [2.75, 3.05) is 26.2 Å². The molecule has 3 saturated heterocycles. The molecule has 2 bridgehead atoms. The maximum absolute atomic E-state index is 12.0. The minimum absolute atomic E-state index is 0.0229. The molecule has 0 radical (unpaired) electrons. The molecule has 1 aromatic carbocycles. The van der Waals surface area contributed by atoms with Crippen LogP contribution in [-0.2, 0) is 4.79 Å². The number of nitrogens with zero attached hydrogens (tertiary/aromatic N) is 2. The summed E-state index contributed by atoms with van der Waals surface area (Å²) < 4.78 is 5.45. The topological polar surface area (TPSA) is 65.4 Å². The molecule has 1 N–H and O–H groups in total. The van der Waals surface area contributed by atoms with E-state index in [9.17, 15) is 4.79 Å². The number of amides is 1. The largest absolute Gasteiger partial charge is 0.484 e. The molecular weight excluding hydrogens is 266 g/mol. The van der Waals surface area contributed by atoms with Gasteiger partial charge in [0.2, 0.25) is 0 Å². The first kappa shape index (κ1) is 13.9. The molecule has 0 saturated carbocycles. The van der Waals surface area contributed by atoms with E-state index in [2.05, 4.69) is 10.2 Å². The predicted octanol–water partition coefficient (Wildman–Crippen LogP) is 1.15. The van der Waals surface area contributed by atoms with Crippen LogP contribution in [0.25, 0.3) is 0 Å². The number of hydrogen-bond donors (Lipinski definition) is 1. The molecule has 1 atom stereocenters. The van der Waals surface area contributed by atoms with Crippen molar-refractivity contribution in [3.8, 4) is 11.8 Å². The summed E-state index contributed by atoms with van der Waals surface area (Å²) in [6, 6.07) is 9.10. The summed E-state index contributed by atoms with van der Waals surface area (Å²) in [5.41, 5.74) is 0.582. The number of ether oxygens (including phenoxy) is 1. The molecule has 21 heavy (non-hydrogen) atoms. The number of fused-ring (bicyclic) bond motifs is 3. The third-order valence-electron chi connectivity index (χ3n) is 4.36. The molecule has 5 nitrogen and oxygen atoms in total. The lowest BCUT2D eigenvalue weighted by Crippen LogP contribution is -2.57. The monoisotopic (exact) mass is 285 g/mol. The Morgan fingerprint density at radius 1 is 1.33 bits per heavy atom. The molecule has 3 heterocycles. The van der Waals surface area contributed by atoms with Crippen molar-refractivity contribution >= 4 is 5.91 Å². The van der Waals surface area contributed by atoms with Crippen molar-refractivity contribution in [3.63, 3.8) is 0 Å². The van der Waals surface area contributed by atoms with Crippen LogP contribution in [-0.4, -0.2) is 43.1 Å². The van der Waals surface area contributed by atoms with Gasteiger partial charge in [-0.1, -0.05) is 0 Å². The first-order valence-corrected chi connectivity index (χ1v) is 7.39. The second-order valence-corrected chi connectivity index (χ2v) is 5.74. The Kier molecular flexibility index (Phi) is 4.07. The molecule has 0 spiro atoms. The molecule has 5 heteroatoms. The van der Waals surface area contributed by atoms with Gasteiger partial charge < -0.3 is 15.0 Å². The van der Waals surface area contributed by atoms with Gasteiger partial charge in [0.25, 0.3) is 5.91 Å². The van der Waals surface area contributed by atoms with Crippen LogP contribution >= 0.6 is 0 Å². The van der Waals surface area contributed by atoms with Crippen LogP contribution in [0, 0.1) is 17.2 Å². The quantitative estimate of drug-likeness (QED) is 0.901. The molecule has 1 aromatic rings. The molecule has 110 valence electrons. The minimum Gasteiger partial charge on any atom is -0.484 e. The number of nitrogens with one attached hydrogen (secondary N) is 1. The number of rotatable bonds is 4. The average molecular weight is 285 g/mol. The maximum atomic E-state index is 12.0. The number of hydrogen-bond acceptors (Lipinski definition) is 4. The lowest BCUT2D eigenvalue weighted by Gasteiger charge is -2.44. The van der Waals surface area contributed by atoms with Crippen LogP contribution in [0.1, 0.15) is 18.4 Å². The highest BCUT2D eigenvalue weighted by Gasteiger charge is 2.34. The number of carbonyl (C=O) groups excluding carboxylic acids is 1. The zero-order chi connectivity index (χ0) is 14.7. The van der Waals surface area contributed by atoms with Crippen molar-refractivity contribution in [2.45, 2.75) is 18.9 Å². The Morgan fingerprint density at radius 2 is 2.05 bits per heavy atom. The summed E-state index contributed by atoms with van der Waals surface area (Å²) >= 11 is 0. The molecule has 3 fully saturated rings. The second-order valence-electron chi connectivity index (χ2n) is 5.74. The number of piperidine rings is 3. The van der Waals surface area contributed by atoms with Crippen LogP contribution in [0.3, 0.4) is 0 Å². The van der Waals surface area contributed by atoms with Gasteiger partial charge in [-0.15, -0.1) is 0 Å². The van der Waals surface area contributed by atoms with Gasteiger partial charge in [-0.3, -0.25) is 4.79 Å². The van der Waals surface area contributed by atoms with Crippen LogP contribution in [0.2, 0.25) is 0 Å². The van der Waals surface area contributed by atoms with Crippen LogP contribution in [0.4, 0.5) is 0 Å². The van der Waals surface area contributed by atoms with E-state index >= 15 is 0 Å². The van der Waals surface area contributed by atoms with Gasteiger partial charge >= 0.3 is 0 Å². The lowest BCUT2D eigenvalue weighted by molar-refractivity contribution is -0.125. The fourth-order valence-corrected chi connectivity index (χ4v) is 3.15. The Bertz CT molecular complexity index is 542. The van der Waals surface area contributed by atoms with Crippen molar-refractivity contribution in [3.05, 3.63) is 29.8 Å². The highest BCUT2D eigenvalue weighted by Crippen LogP contribution is 2.27. The Morgan fingerprint density at radius 3 is 2.62 bits per heavy atom. The summed E-state index contributed by atoms with van der Waals surface area (Å²) in [6.07, 6.45) is 2.36. The van der Waals surface area contributed by atoms with E-state index in [4.69, 9.17) is 10.00 Å². The van der Waals surface area contributed by atoms with E-state index in [0.29, 0.717) is 17.2 Å². The number of nitriles is 1. The van der Waals surface area contributed by atoms with Crippen molar-refractivity contribution < 1.29 is 9.53 Å². The minimum atomic E-state index is -0.0712.